The van der Waals surface area contributed by atoms with Gasteiger partial charge in [0.25, 0.3) is 0 Å². The Kier molecular flexibility index (Phi) is 3.28. The summed E-state index contributed by atoms with van der Waals surface area (Å²) in [6.45, 7) is 2.31. The van der Waals surface area contributed by atoms with Gasteiger partial charge in [0.1, 0.15) is 0 Å². The molecule has 0 aliphatic heterocycles. The molecule has 19 heavy (non-hydrogen) atoms. The van der Waals surface area contributed by atoms with E-state index in [0.717, 1.165) is 18.4 Å². The van der Waals surface area contributed by atoms with Crippen LogP contribution in [-0.2, 0) is 6.42 Å². The van der Waals surface area contributed by atoms with Crippen LogP contribution in [0.2, 0.25) is 0 Å². The first-order chi connectivity index (χ1) is 9.19. The van der Waals surface area contributed by atoms with Crippen molar-refractivity contribution in [2.45, 2.75) is 44.6 Å². The maximum Gasteiger partial charge on any atom is 0.0704 e. The fraction of sp³-hybridized carbons (Fsp3) is 0.471. The molecule has 2 atom stereocenters. The number of aromatic nitrogens is 1. The van der Waals surface area contributed by atoms with Crippen LogP contribution in [0.1, 0.15) is 38.2 Å². The summed E-state index contributed by atoms with van der Waals surface area (Å²) in [4.78, 5) is 4.44. The molecule has 2 aromatic rings. The Morgan fingerprint density at radius 3 is 2.95 bits per heavy atom. The van der Waals surface area contributed by atoms with Crippen molar-refractivity contribution in [3.05, 3.63) is 42.1 Å². The van der Waals surface area contributed by atoms with E-state index in [9.17, 15) is 0 Å². The molecule has 0 bridgehead atoms. The number of hydrogen-bond acceptors (Lipinski definition) is 2. The summed E-state index contributed by atoms with van der Waals surface area (Å²) in [5.41, 5.74) is 9.09. The number of nitrogens with two attached hydrogens (primary N) is 1. The van der Waals surface area contributed by atoms with Gasteiger partial charge in [-0.3, -0.25) is 4.98 Å². The van der Waals surface area contributed by atoms with Crippen LogP contribution in [0.5, 0.6) is 0 Å². The fourth-order valence-electron chi connectivity index (χ4n) is 3.36. The zero-order valence-electron chi connectivity index (χ0n) is 11.6. The predicted molar refractivity (Wildman–Crippen MR) is 80.0 cm³/mol. The Morgan fingerprint density at radius 2 is 2.11 bits per heavy atom. The van der Waals surface area contributed by atoms with Gasteiger partial charge in [0, 0.05) is 17.1 Å². The Balaban J connectivity index is 1.97. The Bertz CT molecular complexity index is 573. The lowest BCUT2D eigenvalue weighted by atomic mass is 9.71. The van der Waals surface area contributed by atoms with Crippen molar-refractivity contribution in [2.24, 2.45) is 11.7 Å². The standard InChI is InChI=1S/C17H22N2/c1-13-6-4-5-10-17(13,18)12-14-9-11-19-16-8-3-2-7-15(14)16/h2-3,7-9,11,13H,4-6,10,12,18H2,1H3. The summed E-state index contributed by atoms with van der Waals surface area (Å²) in [5, 5.41) is 1.26. The maximum atomic E-state index is 6.71. The van der Waals surface area contributed by atoms with Gasteiger partial charge >= 0.3 is 0 Å². The molecule has 1 aliphatic carbocycles. The van der Waals surface area contributed by atoms with Gasteiger partial charge in [-0.25, -0.2) is 0 Å². The smallest absolute Gasteiger partial charge is 0.0704 e. The van der Waals surface area contributed by atoms with E-state index in [4.69, 9.17) is 5.73 Å². The molecule has 1 fully saturated rings. The van der Waals surface area contributed by atoms with Crippen molar-refractivity contribution < 1.29 is 0 Å². The van der Waals surface area contributed by atoms with Gasteiger partial charge in [-0.05, 0) is 42.9 Å². The van der Waals surface area contributed by atoms with Crippen molar-refractivity contribution in [2.75, 3.05) is 0 Å². The summed E-state index contributed by atoms with van der Waals surface area (Å²) >= 11 is 0. The highest BCUT2D eigenvalue weighted by Gasteiger charge is 2.34. The Morgan fingerprint density at radius 1 is 1.26 bits per heavy atom. The minimum absolute atomic E-state index is 0.0393. The molecule has 1 aliphatic rings. The van der Waals surface area contributed by atoms with Gasteiger partial charge in [-0.1, -0.05) is 38.0 Å². The zero-order valence-corrected chi connectivity index (χ0v) is 11.6. The van der Waals surface area contributed by atoms with E-state index in [1.165, 1.54) is 30.2 Å². The molecular formula is C17H22N2. The molecule has 0 amide bonds. The van der Waals surface area contributed by atoms with Gasteiger partial charge in [0.2, 0.25) is 0 Å². The molecule has 2 unspecified atom stereocenters. The molecule has 0 saturated heterocycles. The number of fused-ring (bicyclic) bond motifs is 1. The summed E-state index contributed by atoms with van der Waals surface area (Å²) < 4.78 is 0. The van der Waals surface area contributed by atoms with E-state index in [0.29, 0.717) is 5.92 Å². The third-order valence-electron chi connectivity index (χ3n) is 4.77. The van der Waals surface area contributed by atoms with Crippen molar-refractivity contribution in [3.63, 3.8) is 0 Å². The second-order valence-electron chi connectivity index (χ2n) is 6.04. The molecule has 1 saturated carbocycles. The van der Waals surface area contributed by atoms with E-state index >= 15 is 0 Å². The third-order valence-corrected chi connectivity index (χ3v) is 4.77. The lowest BCUT2D eigenvalue weighted by molar-refractivity contribution is 0.204. The van der Waals surface area contributed by atoms with Gasteiger partial charge in [0.15, 0.2) is 0 Å². The Labute approximate surface area is 115 Å². The average molecular weight is 254 g/mol. The third kappa shape index (κ3) is 2.37. The van der Waals surface area contributed by atoms with Crippen molar-refractivity contribution in [1.29, 1.82) is 0 Å². The van der Waals surface area contributed by atoms with Crippen molar-refractivity contribution >= 4 is 10.9 Å². The number of benzene rings is 1. The molecule has 3 rings (SSSR count). The van der Waals surface area contributed by atoms with Crippen LogP contribution < -0.4 is 5.73 Å². The fourth-order valence-corrected chi connectivity index (χ4v) is 3.36. The minimum Gasteiger partial charge on any atom is -0.325 e. The SMILES string of the molecule is CC1CCCCC1(N)Cc1ccnc2ccccc12. The van der Waals surface area contributed by atoms with E-state index in [2.05, 4.69) is 36.2 Å². The highest BCUT2D eigenvalue weighted by atomic mass is 14.8. The largest absolute Gasteiger partial charge is 0.325 e. The second kappa shape index (κ2) is 4.93. The highest BCUT2D eigenvalue weighted by molar-refractivity contribution is 5.81. The molecular weight excluding hydrogens is 232 g/mol. The van der Waals surface area contributed by atoms with Crippen LogP contribution in [0.25, 0.3) is 10.9 Å². The molecule has 2 nitrogen and oxygen atoms in total. The first kappa shape index (κ1) is 12.6. The quantitative estimate of drug-likeness (QED) is 0.887. The molecule has 1 heterocycles. The van der Waals surface area contributed by atoms with E-state index in [-0.39, 0.29) is 5.54 Å². The van der Waals surface area contributed by atoms with Crippen LogP contribution in [0.3, 0.4) is 0 Å². The van der Waals surface area contributed by atoms with Gasteiger partial charge in [-0.15, -0.1) is 0 Å². The number of rotatable bonds is 2. The summed E-state index contributed by atoms with van der Waals surface area (Å²) in [6.07, 6.45) is 7.89. The van der Waals surface area contributed by atoms with Crippen molar-refractivity contribution in [1.82, 2.24) is 4.98 Å². The average Bonchev–Trinajstić information content (AvgIpc) is 2.43. The molecule has 100 valence electrons. The molecule has 2 heteroatoms. The molecule has 1 aromatic carbocycles. The van der Waals surface area contributed by atoms with Crippen molar-refractivity contribution in [3.8, 4) is 0 Å². The first-order valence-corrected chi connectivity index (χ1v) is 7.30. The minimum atomic E-state index is -0.0393. The van der Waals surface area contributed by atoms with E-state index in [1.807, 2.05) is 12.3 Å². The van der Waals surface area contributed by atoms with Gasteiger partial charge in [-0.2, -0.15) is 0 Å². The van der Waals surface area contributed by atoms with Crippen LogP contribution in [0.15, 0.2) is 36.5 Å². The normalized spacial score (nSPS) is 27.6. The first-order valence-electron chi connectivity index (χ1n) is 7.30. The number of hydrogen-bond donors (Lipinski definition) is 1. The predicted octanol–water partition coefficient (Wildman–Crippen LogP) is 3.68. The summed E-state index contributed by atoms with van der Waals surface area (Å²) in [5.74, 6) is 0.605. The summed E-state index contributed by atoms with van der Waals surface area (Å²) in [7, 11) is 0. The zero-order chi connectivity index (χ0) is 13.3. The van der Waals surface area contributed by atoms with E-state index in [1.54, 1.807) is 0 Å². The molecule has 2 N–H and O–H groups in total. The van der Waals surface area contributed by atoms with Gasteiger partial charge < -0.3 is 5.73 Å². The number of nitrogens with zero attached hydrogens (tertiary/aromatic N) is 1. The van der Waals surface area contributed by atoms with Gasteiger partial charge in [0.05, 0.1) is 5.52 Å². The lowest BCUT2D eigenvalue weighted by Gasteiger charge is -2.40. The molecule has 0 radical (unpaired) electrons. The molecule has 1 aromatic heterocycles. The van der Waals surface area contributed by atoms with Crippen LogP contribution in [0.4, 0.5) is 0 Å². The monoisotopic (exact) mass is 254 g/mol. The van der Waals surface area contributed by atoms with Crippen LogP contribution >= 0.6 is 0 Å². The van der Waals surface area contributed by atoms with E-state index < -0.39 is 0 Å². The number of pyridine rings is 1. The highest BCUT2D eigenvalue weighted by Crippen LogP contribution is 2.35. The lowest BCUT2D eigenvalue weighted by Crippen LogP contribution is -2.50. The summed E-state index contributed by atoms with van der Waals surface area (Å²) in [6, 6.07) is 10.5. The van der Waals surface area contributed by atoms with Crippen LogP contribution in [0, 0.1) is 5.92 Å². The van der Waals surface area contributed by atoms with Crippen LogP contribution in [-0.4, -0.2) is 10.5 Å². The number of para-hydroxylation sites is 1. The topological polar surface area (TPSA) is 38.9 Å². The second-order valence-corrected chi connectivity index (χ2v) is 6.04. The maximum absolute atomic E-state index is 6.71. The Hall–Kier alpha value is -1.41. The molecule has 0 spiro atoms.